The van der Waals surface area contributed by atoms with Gasteiger partial charge in [0.15, 0.2) is 0 Å². The summed E-state index contributed by atoms with van der Waals surface area (Å²) in [5.41, 5.74) is 1.76. The maximum Gasteiger partial charge on any atom is 0.0950 e. The maximum atomic E-state index is 8.70. The van der Waals surface area contributed by atoms with Gasteiger partial charge in [-0.2, -0.15) is 10.2 Å². The van der Waals surface area contributed by atoms with E-state index in [2.05, 4.69) is 15.5 Å². The number of anilines is 1. The van der Waals surface area contributed by atoms with Crippen molar-refractivity contribution in [2.24, 2.45) is 0 Å². The molecule has 14 heavy (non-hydrogen) atoms. The first-order valence-corrected chi connectivity index (χ1v) is 4.47. The van der Waals surface area contributed by atoms with Crippen molar-refractivity contribution in [2.45, 2.75) is 0 Å². The van der Waals surface area contributed by atoms with Crippen molar-refractivity contribution in [2.75, 3.05) is 18.5 Å². The Kier molecular flexibility index (Phi) is 2.55. The molecule has 0 saturated heterocycles. The van der Waals surface area contributed by atoms with Crippen molar-refractivity contribution in [1.29, 1.82) is 0 Å². The van der Waals surface area contributed by atoms with E-state index in [9.17, 15) is 0 Å². The first-order chi connectivity index (χ1) is 6.92. The minimum Gasteiger partial charge on any atom is -0.395 e. The topological polar surface area (TPSA) is 58.0 Å². The minimum atomic E-state index is 0.108. The molecule has 0 saturated carbocycles. The Bertz CT molecular complexity index is 425. The van der Waals surface area contributed by atoms with Crippen molar-refractivity contribution in [3.8, 4) is 0 Å². The molecule has 4 heteroatoms. The van der Waals surface area contributed by atoms with Gasteiger partial charge < -0.3 is 10.4 Å². The van der Waals surface area contributed by atoms with E-state index in [1.54, 1.807) is 6.20 Å². The van der Waals surface area contributed by atoms with E-state index in [0.29, 0.717) is 6.54 Å². The van der Waals surface area contributed by atoms with Gasteiger partial charge >= 0.3 is 0 Å². The number of hydrogen-bond acceptors (Lipinski definition) is 4. The highest BCUT2D eigenvalue weighted by atomic mass is 16.3. The smallest absolute Gasteiger partial charge is 0.0950 e. The number of benzene rings is 1. The predicted molar refractivity (Wildman–Crippen MR) is 55.1 cm³/mol. The zero-order valence-electron chi connectivity index (χ0n) is 7.64. The molecular weight excluding hydrogens is 178 g/mol. The van der Waals surface area contributed by atoms with Crippen molar-refractivity contribution in [1.82, 2.24) is 10.2 Å². The highest BCUT2D eigenvalue weighted by Gasteiger charge is 1.99. The number of aromatic nitrogens is 2. The Morgan fingerprint density at radius 1 is 1.29 bits per heavy atom. The van der Waals surface area contributed by atoms with Crippen LogP contribution in [0.1, 0.15) is 0 Å². The minimum absolute atomic E-state index is 0.108. The molecule has 0 radical (unpaired) electrons. The first-order valence-electron chi connectivity index (χ1n) is 4.47. The summed E-state index contributed by atoms with van der Waals surface area (Å²) in [4.78, 5) is 0. The summed E-state index contributed by atoms with van der Waals surface area (Å²) in [6.45, 7) is 0.631. The van der Waals surface area contributed by atoms with E-state index >= 15 is 0 Å². The fraction of sp³-hybridized carbons (Fsp3) is 0.200. The van der Waals surface area contributed by atoms with E-state index in [1.807, 2.05) is 24.3 Å². The second-order valence-electron chi connectivity index (χ2n) is 2.93. The number of hydrogen-bond donors (Lipinski definition) is 2. The Morgan fingerprint density at radius 2 is 2.14 bits per heavy atom. The van der Waals surface area contributed by atoms with Gasteiger partial charge in [-0.25, -0.2) is 0 Å². The second kappa shape index (κ2) is 4.02. The van der Waals surface area contributed by atoms with Gasteiger partial charge in [0.2, 0.25) is 0 Å². The lowest BCUT2D eigenvalue weighted by atomic mass is 10.2. The quantitative estimate of drug-likeness (QED) is 0.757. The van der Waals surface area contributed by atoms with Gasteiger partial charge in [-0.1, -0.05) is 18.2 Å². The molecule has 0 bridgehead atoms. The van der Waals surface area contributed by atoms with Gasteiger partial charge in [0.1, 0.15) is 0 Å². The summed E-state index contributed by atoms with van der Waals surface area (Å²) in [6.07, 6.45) is 1.66. The molecule has 2 N–H and O–H groups in total. The third-order valence-corrected chi connectivity index (χ3v) is 1.97. The zero-order chi connectivity index (χ0) is 9.80. The molecule has 0 aliphatic carbocycles. The normalized spacial score (nSPS) is 10.4. The maximum absolute atomic E-state index is 8.70. The molecule has 0 fully saturated rings. The lowest BCUT2D eigenvalue weighted by molar-refractivity contribution is 0.311. The largest absolute Gasteiger partial charge is 0.395 e. The fourth-order valence-corrected chi connectivity index (χ4v) is 1.34. The molecule has 1 aromatic carbocycles. The average Bonchev–Trinajstić information content (AvgIpc) is 2.26. The number of aliphatic hydroxyl groups excluding tert-OH is 1. The number of nitrogens with one attached hydrogen (secondary N) is 1. The molecule has 2 rings (SSSR count). The van der Waals surface area contributed by atoms with Gasteiger partial charge in [0.25, 0.3) is 0 Å². The van der Waals surface area contributed by atoms with Crippen molar-refractivity contribution >= 4 is 16.6 Å². The summed E-state index contributed by atoms with van der Waals surface area (Å²) in [5.74, 6) is 0. The van der Waals surface area contributed by atoms with E-state index in [0.717, 1.165) is 16.6 Å². The molecule has 0 unspecified atom stereocenters. The average molecular weight is 189 g/mol. The molecule has 72 valence electrons. The van der Waals surface area contributed by atoms with E-state index in [4.69, 9.17) is 5.11 Å². The van der Waals surface area contributed by atoms with Crippen LogP contribution in [-0.2, 0) is 0 Å². The number of nitrogens with zero attached hydrogens (tertiary/aromatic N) is 2. The summed E-state index contributed by atoms with van der Waals surface area (Å²) in [5, 5.41) is 20.7. The summed E-state index contributed by atoms with van der Waals surface area (Å²) in [7, 11) is 0. The number of fused-ring (bicyclic) bond motifs is 1. The second-order valence-corrected chi connectivity index (χ2v) is 2.93. The van der Waals surface area contributed by atoms with Crippen molar-refractivity contribution in [3.63, 3.8) is 0 Å². The van der Waals surface area contributed by atoms with Crippen LogP contribution in [0.15, 0.2) is 30.5 Å². The van der Waals surface area contributed by atoms with Crippen LogP contribution in [0.3, 0.4) is 0 Å². The van der Waals surface area contributed by atoms with Crippen LogP contribution >= 0.6 is 0 Å². The van der Waals surface area contributed by atoms with Crippen molar-refractivity contribution in [3.05, 3.63) is 30.5 Å². The van der Waals surface area contributed by atoms with Gasteiger partial charge in [-0.05, 0) is 6.07 Å². The third-order valence-electron chi connectivity index (χ3n) is 1.97. The van der Waals surface area contributed by atoms with E-state index in [-0.39, 0.29) is 6.61 Å². The molecule has 0 spiro atoms. The van der Waals surface area contributed by atoms with Crippen LogP contribution in [0.25, 0.3) is 10.9 Å². The predicted octanol–water partition coefficient (Wildman–Crippen LogP) is 1.03. The molecule has 1 aromatic heterocycles. The highest BCUT2D eigenvalue weighted by Crippen LogP contribution is 2.18. The van der Waals surface area contributed by atoms with E-state index < -0.39 is 0 Å². The lowest BCUT2D eigenvalue weighted by Crippen LogP contribution is -2.06. The molecular formula is C10H11N3O. The number of rotatable bonds is 3. The molecule has 2 aromatic rings. The molecule has 1 heterocycles. The van der Waals surface area contributed by atoms with Crippen LogP contribution in [-0.4, -0.2) is 28.5 Å². The van der Waals surface area contributed by atoms with Gasteiger partial charge in [0, 0.05) is 11.9 Å². The Hall–Kier alpha value is -1.68. The molecule has 0 aliphatic heterocycles. The van der Waals surface area contributed by atoms with Crippen LogP contribution in [0.4, 0.5) is 5.69 Å². The Morgan fingerprint density at radius 3 is 3.00 bits per heavy atom. The molecule has 4 nitrogen and oxygen atoms in total. The summed E-state index contributed by atoms with van der Waals surface area (Å²) >= 11 is 0. The Balaban J connectivity index is 2.43. The summed E-state index contributed by atoms with van der Waals surface area (Å²) < 4.78 is 0. The molecule has 0 aliphatic rings. The molecule has 0 atom stereocenters. The van der Waals surface area contributed by atoms with Gasteiger partial charge in [-0.3, -0.25) is 0 Å². The van der Waals surface area contributed by atoms with Crippen molar-refractivity contribution < 1.29 is 5.11 Å². The fourth-order valence-electron chi connectivity index (χ4n) is 1.34. The van der Waals surface area contributed by atoms with Gasteiger partial charge in [0.05, 0.1) is 24.0 Å². The van der Waals surface area contributed by atoms with E-state index in [1.165, 1.54) is 0 Å². The first kappa shape index (κ1) is 8.90. The zero-order valence-corrected chi connectivity index (χ0v) is 7.64. The van der Waals surface area contributed by atoms with Crippen LogP contribution in [0.5, 0.6) is 0 Å². The van der Waals surface area contributed by atoms with Crippen LogP contribution < -0.4 is 5.32 Å². The summed E-state index contributed by atoms with van der Waals surface area (Å²) in [6, 6.07) is 7.76. The lowest BCUT2D eigenvalue weighted by Gasteiger charge is -2.06. The van der Waals surface area contributed by atoms with Crippen LogP contribution in [0.2, 0.25) is 0 Å². The SMILES string of the molecule is OCCNc1cnnc2ccccc12. The standard InChI is InChI=1S/C10H11N3O/c14-6-5-11-10-7-12-13-9-4-2-1-3-8(9)10/h1-4,7,14H,5-6H2,(H,11,13). The highest BCUT2D eigenvalue weighted by molar-refractivity contribution is 5.90. The van der Waals surface area contributed by atoms with Crippen LogP contribution in [0, 0.1) is 0 Å². The monoisotopic (exact) mass is 189 g/mol. The number of aliphatic hydroxyl groups is 1. The van der Waals surface area contributed by atoms with Gasteiger partial charge in [-0.15, -0.1) is 0 Å². The molecule has 0 amide bonds. The third kappa shape index (κ3) is 1.65. The Labute approximate surface area is 81.6 Å².